The van der Waals surface area contributed by atoms with Gasteiger partial charge in [-0.3, -0.25) is 9.69 Å². The van der Waals surface area contributed by atoms with Crippen molar-refractivity contribution in [2.24, 2.45) is 0 Å². The first kappa shape index (κ1) is 20.5. The first-order chi connectivity index (χ1) is 14.5. The number of nitrogens with zero attached hydrogens (tertiary/aromatic N) is 3. The zero-order valence-electron chi connectivity index (χ0n) is 17.1. The number of nitrogens with two attached hydrogens (primary N) is 1. The van der Waals surface area contributed by atoms with Crippen molar-refractivity contribution in [1.29, 1.82) is 0 Å². The van der Waals surface area contributed by atoms with Gasteiger partial charge < -0.3 is 5.73 Å². The first-order valence-electron chi connectivity index (χ1n) is 10.00. The number of anilines is 2. The molecule has 3 aromatic rings. The molecular weight excluding hydrogens is 391 g/mol. The summed E-state index contributed by atoms with van der Waals surface area (Å²) in [6.07, 6.45) is 5.82. The van der Waals surface area contributed by atoms with Crippen LogP contribution in [-0.4, -0.2) is 36.5 Å². The largest absolute Gasteiger partial charge is 0.396 e. The predicted molar refractivity (Wildman–Crippen MR) is 125 cm³/mol. The second-order valence-corrected chi connectivity index (χ2v) is 8.75. The summed E-state index contributed by atoms with van der Waals surface area (Å²) in [6.45, 7) is 2.05. The summed E-state index contributed by atoms with van der Waals surface area (Å²) >= 11 is 1.59. The van der Waals surface area contributed by atoms with E-state index in [4.69, 9.17) is 13.6 Å². The number of rotatable bonds is 6. The molecule has 1 aromatic carbocycles. The molecular formula is C23H23BN4OS. The fourth-order valence-corrected chi connectivity index (χ4v) is 4.22. The average Bonchev–Trinajstić information content (AvgIpc) is 3.59. The molecule has 1 aliphatic rings. The molecule has 0 atom stereocenters. The SMILES string of the molecule is [B]c1cnc(N(C)C(=O)c2ncc(-c3ccc(C4CC4)cc3)cc2SCC)c(N)c1. The van der Waals surface area contributed by atoms with Crippen LogP contribution >= 0.6 is 11.8 Å². The zero-order valence-corrected chi connectivity index (χ0v) is 17.9. The molecule has 0 saturated heterocycles. The highest BCUT2D eigenvalue weighted by Crippen LogP contribution is 2.40. The van der Waals surface area contributed by atoms with Crippen molar-refractivity contribution in [3.8, 4) is 11.1 Å². The van der Waals surface area contributed by atoms with Gasteiger partial charge in [-0.15, -0.1) is 11.8 Å². The molecule has 1 amide bonds. The van der Waals surface area contributed by atoms with Gasteiger partial charge in [0.1, 0.15) is 13.5 Å². The molecule has 0 spiro atoms. The number of amides is 1. The lowest BCUT2D eigenvalue weighted by Crippen LogP contribution is -2.30. The zero-order chi connectivity index (χ0) is 21.3. The standard InChI is InChI=1S/C23H23BN4OS/c1-3-30-20-10-17(16-8-6-15(7-9-16)14-4-5-14)12-26-21(20)23(29)28(2)22-19(25)11-18(24)13-27-22/h6-14H,3-5,25H2,1-2H3. The van der Waals surface area contributed by atoms with Gasteiger partial charge in [0.2, 0.25) is 0 Å². The van der Waals surface area contributed by atoms with Gasteiger partial charge >= 0.3 is 0 Å². The fraction of sp³-hybridized carbons (Fsp3) is 0.261. The Bertz CT molecular complexity index is 1080. The Labute approximate surface area is 182 Å². The summed E-state index contributed by atoms with van der Waals surface area (Å²) in [5.74, 6) is 1.67. The van der Waals surface area contributed by atoms with Gasteiger partial charge in [-0.25, -0.2) is 9.97 Å². The number of carbonyl (C=O) groups is 1. The van der Waals surface area contributed by atoms with Gasteiger partial charge in [-0.2, -0.15) is 0 Å². The number of pyridine rings is 2. The number of hydrogen-bond donors (Lipinski definition) is 1. The Kier molecular flexibility index (Phi) is 5.81. The highest BCUT2D eigenvalue weighted by atomic mass is 32.2. The number of nitrogen functional groups attached to an aromatic ring is 1. The molecule has 2 radical (unpaired) electrons. The molecule has 2 heterocycles. The maximum atomic E-state index is 13.2. The minimum absolute atomic E-state index is 0.259. The topological polar surface area (TPSA) is 72.1 Å². The quantitative estimate of drug-likeness (QED) is 0.491. The predicted octanol–water partition coefficient (Wildman–Crippen LogP) is 3.79. The van der Waals surface area contributed by atoms with E-state index in [9.17, 15) is 4.79 Å². The van der Waals surface area contributed by atoms with Crippen LogP contribution in [0.5, 0.6) is 0 Å². The molecule has 4 rings (SSSR count). The van der Waals surface area contributed by atoms with Crippen molar-refractivity contribution >= 4 is 42.5 Å². The van der Waals surface area contributed by atoms with E-state index in [1.54, 1.807) is 31.1 Å². The van der Waals surface area contributed by atoms with Crippen molar-refractivity contribution in [3.63, 3.8) is 0 Å². The van der Waals surface area contributed by atoms with Crippen molar-refractivity contribution in [1.82, 2.24) is 9.97 Å². The lowest BCUT2D eigenvalue weighted by atomic mass is 9.98. The van der Waals surface area contributed by atoms with Crippen LogP contribution < -0.4 is 16.1 Å². The minimum atomic E-state index is -0.259. The van der Waals surface area contributed by atoms with Crippen molar-refractivity contribution < 1.29 is 4.79 Å². The van der Waals surface area contributed by atoms with Crippen LogP contribution in [0.4, 0.5) is 11.5 Å². The lowest BCUT2D eigenvalue weighted by molar-refractivity contribution is 0.0984. The van der Waals surface area contributed by atoms with Crippen molar-refractivity contribution in [2.75, 3.05) is 23.4 Å². The van der Waals surface area contributed by atoms with Gasteiger partial charge in [0, 0.05) is 29.9 Å². The summed E-state index contributed by atoms with van der Waals surface area (Å²) in [4.78, 5) is 24.2. The summed E-state index contributed by atoms with van der Waals surface area (Å²) in [5, 5.41) is 0. The second-order valence-electron chi connectivity index (χ2n) is 7.45. The Morgan fingerprint density at radius 2 is 1.90 bits per heavy atom. The van der Waals surface area contributed by atoms with E-state index in [0.29, 0.717) is 22.7 Å². The van der Waals surface area contributed by atoms with Gasteiger partial charge in [0.25, 0.3) is 5.91 Å². The maximum absolute atomic E-state index is 13.2. The van der Waals surface area contributed by atoms with E-state index in [1.807, 2.05) is 6.07 Å². The summed E-state index contributed by atoms with van der Waals surface area (Å²) in [5.41, 5.74) is 10.7. The van der Waals surface area contributed by atoms with Crippen LogP contribution in [0.1, 0.15) is 41.7 Å². The third-order valence-corrected chi connectivity index (χ3v) is 6.10. The van der Waals surface area contributed by atoms with Gasteiger partial charge in [-0.05, 0) is 47.8 Å². The van der Waals surface area contributed by atoms with Crippen LogP contribution in [0.3, 0.4) is 0 Å². The first-order valence-corrected chi connectivity index (χ1v) is 11.0. The lowest BCUT2D eigenvalue weighted by Gasteiger charge is -2.19. The monoisotopic (exact) mass is 414 g/mol. The van der Waals surface area contributed by atoms with Crippen LogP contribution in [-0.2, 0) is 0 Å². The maximum Gasteiger partial charge on any atom is 0.278 e. The van der Waals surface area contributed by atoms with Crippen LogP contribution in [0.2, 0.25) is 0 Å². The molecule has 7 heteroatoms. The fourth-order valence-electron chi connectivity index (χ4n) is 3.42. The molecule has 30 heavy (non-hydrogen) atoms. The van der Waals surface area contributed by atoms with E-state index in [0.717, 1.165) is 27.7 Å². The summed E-state index contributed by atoms with van der Waals surface area (Å²) in [6, 6.07) is 12.3. The third kappa shape index (κ3) is 4.21. The molecule has 0 unspecified atom stereocenters. The van der Waals surface area contributed by atoms with Gasteiger partial charge in [0.15, 0.2) is 5.82 Å². The molecule has 0 bridgehead atoms. The average molecular weight is 414 g/mol. The third-order valence-electron chi connectivity index (χ3n) is 5.19. The molecule has 150 valence electrons. The molecule has 2 aromatic heterocycles. The number of aromatic nitrogens is 2. The van der Waals surface area contributed by atoms with Crippen molar-refractivity contribution in [2.45, 2.75) is 30.6 Å². The number of benzene rings is 1. The van der Waals surface area contributed by atoms with Crippen LogP contribution in [0, 0.1) is 0 Å². The Hall–Kier alpha value is -2.80. The highest BCUT2D eigenvalue weighted by molar-refractivity contribution is 7.99. The number of hydrogen-bond acceptors (Lipinski definition) is 5. The normalized spacial score (nSPS) is 13.3. The van der Waals surface area contributed by atoms with Gasteiger partial charge in [0.05, 0.1) is 5.69 Å². The highest BCUT2D eigenvalue weighted by Gasteiger charge is 2.24. The van der Waals surface area contributed by atoms with Gasteiger partial charge in [-0.1, -0.05) is 36.7 Å². The number of thioether (sulfide) groups is 1. The molecule has 2 N–H and O–H groups in total. The molecule has 1 fully saturated rings. The van der Waals surface area contributed by atoms with Crippen LogP contribution in [0.25, 0.3) is 11.1 Å². The molecule has 1 aliphatic carbocycles. The van der Waals surface area contributed by atoms with Crippen molar-refractivity contribution in [3.05, 3.63) is 60.0 Å². The minimum Gasteiger partial charge on any atom is -0.396 e. The molecule has 0 aliphatic heterocycles. The Morgan fingerprint density at radius 1 is 1.17 bits per heavy atom. The second kappa shape index (κ2) is 8.52. The smallest absolute Gasteiger partial charge is 0.278 e. The van der Waals surface area contributed by atoms with E-state index < -0.39 is 0 Å². The van der Waals surface area contributed by atoms with E-state index in [1.165, 1.54) is 29.5 Å². The van der Waals surface area contributed by atoms with E-state index in [2.05, 4.69) is 41.2 Å². The van der Waals surface area contributed by atoms with E-state index in [-0.39, 0.29) is 5.91 Å². The summed E-state index contributed by atoms with van der Waals surface area (Å²) in [7, 11) is 7.36. The molecule has 1 saturated carbocycles. The molecule has 5 nitrogen and oxygen atoms in total. The Balaban J connectivity index is 1.64. The summed E-state index contributed by atoms with van der Waals surface area (Å²) < 4.78 is 0. The van der Waals surface area contributed by atoms with E-state index >= 15 is 0 Å². The number of carbonyl (C=O) groups excluding carboxylic acids is 1. The Morgan fingerprint density at radius 3 is 2.53 bits per heavy atom. The van der Waals surface area contributed by atoms with Crippen LogP contribution in [0.15, 0.2) is 53.7 Å².